The summed E-state index contributed by atoms with van der Waals surface area (Å²) in [6.07, 6.45) is 4.39. The van der Waals surface area contributed by atoms with Gasteiger partial charge in [-0.05, 0) is 22.9 Å². The first-order valence-electron chi connectivity index (χ1n) is 5.51. The number of pyridine rings is 1. The third-order valence-electron chi connectivity index (χ3n) is 2.67. The van der Waals surface area contributed by atoms with Crippen LogP contribution in [0.4, 0.5) is 0 Å². The van der Waals surface area contributed by atoms with Crippen molar-refractivity contribution in [3.63, 3.8) is 0 Å². The quantitative estimate of drug-likeness (QED) is 0.662. The van der Waals surface area contributed by atoms with E-state index in [1.165, 1.54) is 16.0 Å². The lowest BCUT2D eigenvalue weighted by Gasteiger charge is -2.17. The molecule has 2 heterocycles. The zero-order chi connectivity index (χ0) is 11.8. The van der Waals surface area contributed by atoms with Crippen molar-refractivity contribution < 1.29 is 4.57 Å². The third kappa shape index (κ3) is 2.33. The zero-order valence-corrected chi connectivity index (χ0v) is 11.1. The van der Waals surface area contributed by atoms with Gasteiger partial charge in [-0.2, -0.15) is 0 Å². The van der Waals surface area contributed by atoms with Crippen LogP contribution in [0.5, 0.6) is 0 Å². The summed E-state index contributed by atoms with van der Waals surface area (Å²) >= 11 is 1.79. The normalized spacial score (nSPS) is 11.8. The van der Waals surface area contributed by atoms with Gasteiger partial charge in [0.1, 0.15) is 7.05 Å². The maximum atomic E-state index is 2.30. The second kappa shape index (κ2) is 4.02. The van der Waals surface area contributed by atoms with Crippen LogP contribution in [0.1, 0.15) is 26.3 Å². The molecule has 0 aliphatic rings. The monoisotopic (exact) mass is 232 g/mol. The average molecular weight is 232 g/mol. The maximum absolute atomic E-state index is 2.30. The molecule has 2 rings (SSSR count). The highest BCUT2D eigenvalue weighted by atomic mass is 32.1. The lowest BCUT2D eigenvalue weighted by molar-refractivity contribution is -0.671. The molecule has 2 aromatic rings. The van der Waals surface area contributed by atoms with E-state index in [4.69, 9.17) is 0 Å². The molecule has 16 heavy (non-hydrogen) atoms. The molecule has 0 saturated carbocycles. The number of hydrogen-bond acceptors (Lipinski definition) is 1. The van der Waals surface area contributed by atoms with E-state index in [0.717, 1.165) is 0 Å². The van der Waals surface area contributed by atoms with Crippen molar-refractivity contribution in [2.24, 2.45) is 7.05 Å². The summed E-state index contributed by atoms with van der Waals surface area (Å²) in [7, 11) is 2.09. The van der Waals surface area contributed by atoms with Crippen molar-refractivity contribution in [3.8, 4) is 10.4 Å². The maximum Gasteiger partial charge on any atom is 0.177 e. The van der Waals surface area contributed by atoms with Gasteiger partial charge in [0.15, 0.2) is 12.4 Å². The van der Waals surface area contributed by atoms with Crippen LogP contribution in [-0.2, 0) is 12.5 Å². The molecule has 0 saturated heterocycles. The Bertz CT molecular complexity index is 478. The Hall–Kier alpha value is -1.15. The minimum atomic E-state index is 0.199. The van der Waals surface area contributed by atoms with Gasteiger partial charge in [0.05, 0.1) is 5.56 Å². The van der Waals surface area contributed by atoms with Crippen LogP contribution >= 0.6 is 11.3 Å². The van der Waals surface area contributed by atoms with E-state index in [-0.39, 0.29) is 5.41 Å². The van der Waals surface area contributed by atoms with E-state index in [1.54, 1.807) is 11.3 Å². The number of hydrogen-bond donors (Lipinski definition) is 0. The second-order valence-corrected chi connectivity index (χ2v) is 6.15. The molecule has 0 aliphatic carbocycles. The largest absolute Gasteiger partial charge is 0.207 e. The van der Waals surface area contributed by atoms with Gasteiger partial charge in [-0.15, -0.1) is 11.3 Å². The Balaban J connectivity index is 2.53. The fourth-order valence-corrected chi connectivity index (χ4v) is 2.41. The van der Waals surface area contributed by atoms with Crippen LogP contribution in [-0.4, -0.2) is 0 Å². The molecular formula is C14H18NS+. The Morgan fingerprint density at radius 3 is 2.50 bits per heavy atom. The van der Waals surface area contributed by atoms with Crippen molar-refractivity contribution in [3.05, 3.63) is 41.5 Å². The highest BCUT2D eigenvalue weighted by Gasteiger charge is 2.18. The average Bonchev–Trinajstić information content (AvgIpc) is 2.68. The van der Waals surface area contributed by atoms with Crippen LogP contribution in [0.25, 0.3) is 10.4 Å². The van der Waals surface area contributed by atoms with Gasteiger partial charge in [-0.3, -0.25) is 0 Å². The SMILES string of the molecule is C[n+]1cc(-c2cccs2)cc(C(C)(C)C)c1. The summed E-state index contributed by atoms with van der Waals surface area (Å²) in [6.45, 7) is 6.75. The molecule has 2 heteroatoms. The smallest absolute Gasteiger partial charge is 0.177 e. The summed E-state index contributed by atoms with van der Waals surface area (Å²) in [4.78, 5) is 1.33. The lowest BCUT2D eigenvalue weighted by atomic mass is 9.87. The molecule has 0 N–H and O–H groups in total. The van der Waals surface area contributed by atoms with E-state index in [1.807, 2.05) is 0 Å². The van der Waals surface area contributed by atoms with Crippen molar-refractivity contribution in [1.82, 2.24) is 0 Å². The molecule has 0 bridgehead atoms. The van der Waals surface area contributed by atoms with Gasteiger partial charge in [0.2, 0.25) is 0 Å². The molecule has 0 aliphatic heterocycles. The minimum absolute atomic E-state index is 0.199. The molecule has 0 unspecified atom stereocenters. The number of aryl methyl sites for hydroxylation is 1. The summed E-state index contributed by atoms with van der Waals surface area (Å²) in [5.41, 5.74) is 2.89. The minimum Gasteiger partial charge on any atom is -0.207 e. The Kier molecular flexibility index (Phi) is 2.85. The molecule has 84 valence electrons. The van der Waals surface area contributed by atoms with Gasteiger partial charge in [0, 0.05) is 10.4 Å². The zero-order valence-electron chi connectivity index (χ0n) is 10.3. The van der Waals surface area contributed by atoms with Crippen LogP contribution in [0.15, 0.2) is 36.0 Å². The molecule has 0 atom stereocenters. The van der Waals surface area contributed by atoms with E-state index in [2.05, 4.69) is 68.4 Å². The number of nitrogens with zero attached hydrogens (tertiary/aromatic N) is 1. The Labute approximate surface area is 101 Å². The first-order valence-corrected chi connectivity index (χ1v) is 6.39. The van der Waals surface area contributed by atoms with E-state index >= 15 is 0 Å². The lowest BCUT2D eigenvalue weighted by Crippen LogP contribution is -2.30. The van der Waals surface area contributed by atoms with E-state index in [9.17, 15) is 0 Å². The molecule has 0 amide bonds. The van der Waals surface area contributed by atoms with Crippen LogP contribution in [0, 0.1) is 0 Å². The van der Waals surface area contributed by atoms with Gasteiger partial charge in [-0.25, -0.2) is 4.57 Å². The summed E-state index contributed by atoms with van der Waals surface area (Å²) < 4.78 is 2.15. The van der Waals surface area contributed by atoms with E-state index < -0.39 is 0 Å². The summed E-state index contributed by atoms with van der Waals surface area (Å²) in [5, 5.41) is 2.12. The number of thiophene rings is 1. The fraction of sp³-hybridized carbons (Fsp3) is 0.357. The van der Waals surface area contributed by atoms with Gasteiger partial charge in [0.25, 0.3) is 0 Å². The van der Waals surface area contributed by atoms with Gasteiger partial charge in [-0.1, -0.05) is 26.8 Å². The second-order valence-electron chi connectivity index (χ2n) is 5.21. The summed E-state index contributed by atoms with van der Waals surface area (Å²) in [5.74, 6) is 0. The standard InChI is InChI=1S/C14H18NS/c1-14(2,3)12-8-11(9-15(4)10-12)13-6-5-7-16-13/h5-10H,1-4H3/q+1. The van der Waals surface area contributed by atoms with Gasteiger partial charge >= 0.3 is 0 Å². The van der Waals surface area contributed by atoms with Crippen molar-refractivity contribution in [1.29, 1.82) is 0 Å². The molecule has 2 aromatic heterocycles. The van der Waals surface area contributed by atoms with Crippen LogP contribution in [0.3, 0.4) is 0 Å². The molecule has 0 spiro atoms. The molecule has 0 radical (unpaired) electrons. The van der Waals surface area contributed by atoms with Crippen molar-refractivity contribution in [2.45, 2.75) is 26.2 Å². The fourth-order valence-electron chi connectivity index (χ4n) is 1.71. The van der Waals surface area contributed by atoms with Crippen LogP contribution < -0.4 is 4.57 Å². The van der Waals surface area contributed by atoms with Crippen molar-refractivity contribution in [2.75, 3.05) is 0 Å². The predicted octanol–water partition coefficient (Wildman–Crippen LogP) is 3.54. The van der Waals surface area contributed by atoms with Gasteiger partial charge < -0.3 is 0 Å². The highest BCUT2D eigenvalue weighted by molar-refractivity contribution is 7.13. The Morgan fingerprint density at radius 2 is 1.94 bits per heavy atom. The number of aromatic nitrogens is 1. The first kappa shape index (κ1) is 11.3. The van der Waals surface area contributed by atoms with E-state index in [0.29, 0.717) is 0 Å². The molecule has 0 aromatic carbocycles. The van der Waals surface area contributed by atoms with Crippen molar-refractivity contribution >= 4 is 11.3 Å². The summed E-state index contributed by atoms with van der Waals surface area (Å²) in [6, 6.07) is 6.57. The highest BCUT2D eigenvalue weighted by Crippen LogP contribution is 2.28. The third-order valence-corrected chi connectivity index (χ3v) is 3.59. The first-order chi connectivity index (χ1) is 7.47. The predicted molar refractivity (Wildman–Crippen MR) is 69.6 cm³/mol. The molecule has 0 fully saturated rings. The van der Waals surface area contributed by atoms with Crippen LogP contribution in [0.2, 0.25) is 0 Å². The Morgan fingerprint density at radius 1 is 1.19 bits per heavy atom. The molecular weight excluding hydrogens is 214 g/mol. The topological polar surface area (TPSA) is 3.88 Å². The number of rotatable bonds is 1. The molecule has 1 nitrogen and oxygen atoms in total.